The fourth-order valence-corrected chi connectivity index (χ4v) is 7.11. The number of methoxy groups -OCH3 is 1. The average Bonchev–Trinajstić information content (AvgIpc) is 3.52. The molecule has 0 spiro atoms. The van der Waals surface area contributed by atoms with Crippen LogP contribution in [0.1, 0.15) is 71.0 Å². The van der Waals surface area contributed by atoms with Crippen LogP contribution in [0.25, 0.3) is 22.0 Å². The summed E-state index contributed by atoms with van der Waals surface area (Å²) in [5, 5.41) is 28.3. The van der Waals surface area contributed by atoms with E-state index in [2.05, 4.69) is 16.0 Å². The Morgan fingerprint density at radius 1 is 0.812 bits per heavy atom. The van der Waals surface area contributed by atoms with Gasteiger partial charge >= 0.3 is 11.9 Å². The maximum absolute atomic E-state index is 14.3. The third-order valence-electron chi connectivity index (χ3n) is 10.3. The SMILES string of the molecule is COc1ccc2c(c1)c(CC(=O)NC(CCC(=O)NC(CCCCNC(=O)COc1ccc(-c3ccc(F)cc3F)cc1C(=O)O)C(C)=O)C(=O)O)c(C)n2C(=O)c1ccc(Cl)cc1. The van der Waals surface area contributed by atoms with E-state index in [0.29, 0.717) is 57.4 Å². The molecule has 0 aliphatic heterocycles. The molecule has 0 radical (unpaired) electrons. The largest absolute Gasteiger partial charge is 0.497 e. The van der Waals surface area contributed by atoms with Gasteiger partial charge in [-0.25, -0.2) is 18.4 Å². The van der Waals surface area contributed by atoms with Crippen molar-refractivity contribution in [1.29, 1.82) is 0 Å². The fourth-order valence-electron chi connectivity index (χ4n) is 6.99. The highest BCUT2D eigenvalue weighted by Gasteiger charge is 2.26. The molecule has 0 aliphatic carbocycles. The van der Waals surface area contributed by atoms with Crippen molar-refractivity contribution >= 4 is 63.9 Å². The van der Waals surface area contributed by atoms with Gasteiger partial charge in [-0.15, -0.1) is 0 Å². The van der Waals surface area contributed by atoms with Crippen LogP contribution in [0.15, 0.2) is 78.9 Å². The number of amides is 3. The predicted molar refractivity (Wildman–Crippen MR) is 231 cm³/mol. The highest BCUT2D eigenvalue weighted by molar-refractivity contribution is 6.30. The molecule has 3 amide bonds. The first kappa shape index (κ1) is 47.9. The highest BCUT2D eigenvalue weighted by atomic mass is 35.5. The minimum absolute atomic E-state index is 0.0219. The molecule has 336 valence electrons. The number of fused-ring (bicyclic) bond motifs is 1. The van der Waals surface area contributed by atoms with Gasteiger partial charge in [0.15, 0.2) is 12.4 Å². The number of aromatic carboxylic acids is 1. The minimum atomic E-state index is -1.46. The van der Waals surface area contributed by atoms with Gasteiger partial charge in [0.05, 0.1) is 25.1 Å². The van der Waals surface area contributed by atoms with Crippen LogP contribution < -0.4 is 25.4 Å². The zero-order valence-corrected chi connectivity index (χ0v) is 35.7. The quantitative estimate of drug-likeness (QED) is 0.0517. The summed E-state index contributed by atoms with van der Waals surface area (Å²) in [6, 6.07) is 15.7. The molecule has 2 atom stereocenters. The molecule has 1 heterocycles. The van der Waals surface area contributed by atoms with Crippen LogP contribution in [0.3, 0.4) is 0 Å². The van der Waals surface area contributed by atoms with E-state index in [1.54, 1.807) is 49.4 Å². The molecule has 5 aromatic rings. The number of carbonyl (C=O) groups excluding carboxylic acids is 5. The molecule has 4 aromatic carbocycles. The average molecular weight is 903 g/mol. The number of ether oxygens (including phenoxy) is 2. The Morgan fingerprint density at radius 3 is 2.19 bits per heavy atom. The van der Waals surface area contributed by atoms with E-state index in [1.165, 1.54) is 36.8 Å². The van der Waals surface area contributed by atoms with Crippen LogP contribution in [-0.2, 0) is 30.4 Å². The standard InChI is InChI=1S/C46H45ClF2N4O11/c1-25-33(34-22-31(63-3)13-16-39(34)53(25)44(58)27-7-10-29(47)11-8-27)23-42(56)52-38(46(61)62)15-18-41(55)51-37(26(2)54)6-4-5-19-50-43(57)24-64-40-17-9-28(20-35(40)45(59)60)32-14-12-30(48)21-36(32)49/h7-14,16-17,20-22,37-38H,4-6,15,18-19,23-24H2,1-3H3,(H,50,57)(H,51,55)(H,52,56)(H,59,60)(H,61,62). The molecule has 1 aromatic heterocycles. The molecule has 0 saturated heterocycles. The maximum atomic E-state index is 14.3. The van der Waals surface area contributed by atoms with Crippen LogP contribution in [0.4, 0.5) is 8.78 Å². The molecule has 5 rings (SSSR count). The number of carbonyl (C=O) groups is 7. The Morgan fingerprint density at radius 2 is 1.53 bits per heavy atom. The zero-order valence-electron chi connectivity index (χ0n) is 35.0. The number of rotatable bonds is 21. The molecule has 5 N–H and O–H groups in total. The molecule has 0 fully saturated rings. The minimum Gasteiger partial charge on any atom is -0.497 e. The van der Waals surface area contributed by atoms with Crippen molar-refractivity contribution in [1.82, 2.24) is 20.5 Å². The predicted octanol–water partition coefficient (Wildman–Crippen LogP) is 6.28. The van der Waals surface area contributed by atoms with E-state index in [0.717, 1.165) is 12.1 Å². The number of aliphatic carboxylic acids is 1. The number of halogens is 3. The van der Waals surface area contributed by atoms with Crippen LogP contribution >= 0.6 is 11.6 Å². The Bertz CT molecular complexity index is 2600. The summed E-state index contributed by atoms with van der Waals surface area (Å²) in [6.45, 7) is 2.57. The molecule has 64 heavy (non-hydrogen) atoms. The van der Waals surface area contributed by atoms with E-state index >= 15 is 0 Å². The summed E-state index contributed by atoms with van der Waals surface area (Å²) in [5.74, 6) is -6.70. The van der Waals surface area contributed by atoms with Crippen LogP contribution in [0.5, 0.6) is 11.5 Å². The number of aromatic nitrogens is 1. The monoisotopic (exact) mass is 902 g/mol. The lowest BCUT2D eigenvalue weighted by molar-refractivity contribution is -0.142. The highest BCUT2D eigenvalue weighted by Crippen LogP contribution is 2.32. The van der Waals surface area contributed by atoms with Gasteiger partial charge in [0.1, 0.15) is 34.7 Å². The van der Waals surface area contributed by atoms with E-state index in [4.69, 9.17) is 21.1 Å². The Kier molecular flexibility index (Phi) is 16.3. The number of carboxylic acid groups (broad SMARTS) is 2. The Hall–Kier alpha value is -7.14. The van der Waals surface area contributed by atoms with Crippen LogP contribution in [0.2, 0.25) is 5.02 Å². The van der Waals surface area contributed by atoms with Gasteiger partial charge in [-0.1, -0.05) is 17.7 Å². The van der Waals surface area contributed by atoms with Crippen LogP contribution in [-0.4, -0.2) is 88.5 Å². The molecular weight excluding hydrogens is 858 g/mol. The molecule has 0 bridgehead atoms. The fraction of sp³-hybridized carbons (Fsp3) is 0.283. The van der Waals surface area contributed by atoms with Crippen molar-refractivity contribution in [3.63, 3.8) is 0 Å². The zero-order chi connectivity index (χ0) is 46.7. The number of ketones is 1. The number of unbranched alkanes of at least 4 members (excludes halogenated alkanes) is 1. The molecule has 15 nitrogen and oxygen atoms in total. The summed E-state index contributed by atoms with van der Waals surface area (Å²) in [7, 11) is 1.47. The summed E-state index contributed by atoms with van der Waals surface area (Å²) in [6.07, 6.45) is 0.0503. The Labute approximate surface area is 370 Å². The first-order valence-corrected chi connectivity index (χ1v) is 20.4. The lowest BCUT2D eigenvalue weighted by Gasteiger charge is -2.18. The third-order valence-corrected chi connectivity index (χ3v) is 10.6. The van der Waals surface area contributed by atoms with Gasteiger partial charge < -0.3 is 35.6 Å². The second kappa shape index (κ2) is 21.8. The van der Waals surface area contributed by atoms with E-state index in [9.17, 15) is 52.6 Å². The molecule has 0 aliphatic rings. The lowest BCUT2D eigenvalue weighted by atomic mass is 10.0. The number of carboxylic acids is 2. The van der Waals surface area contributed by atoms with Gasteiger partial charge in [0.2, 0.25) is 11.8 Å². The van der Waals surface area contributed by atoms with Gasteiger partial charge in [-0.2, -0.15) is 0 Å². The van der Waals surface area contributed by atoms with Gasteiger partial charge in [-0.05, 0) is 117 Å². The van der Waals surface area contributed by atoms with Crippen LogP contribution in [0, 0.1) is 18.6 Å². The van der Waals surface area contributed by atoms with Crippen molar-refractivity contribution in [3.05, 3.63) is 118 Å². The summed E-state index contributed by atoms with van der Waals surface area (Å²) >= 11 is 6.02. The van der Waals surface area contributed by atoms with Gasteiger partial charge in [0.25, 0.3) is 11.8 Å². The van der Waals surface area contributed by atoms with Gasteiger partial charge in [0, 0.05) is 46.3 Å². The Balaban J connectivity index is 1.09. The second-order valence-corrected chi connectivity index (χ2v) is 15.2. The van der Waals surface area contributed by atoms with Crippen molar-refractivity contribution in [2.24, 2.45) is 0 Å². The topological polar surface area (TPSA) is 219 Å². The third kappa shape index (κ3) is 12.3. The molecule has 18 heteroatoms. The molecule has 0 saturated carbocycles. The van der Waals surface area contributed by atoms with Crippen molar-refractivity contribution in [3.8, 4) is 22.6 Å². The normalized spacial score (nSPS) is 11.9. The molecule has 2 unspecified atom stereocenters. The van der Waals surface area contributed by atoms with Crippen molar-refractivity contribution in [2.75, 3.05) is 20.3 Å². The number of benzene rings is 4. The second-order valence-electron chi connectivity index (χ2n) is 14.8. The lowest BCUT2D eigenvalue weighted by Crippen LogP contribution is -2.44. The number of Topliss-reactive ketones (excluding diaryl/α,β-unsaturated/α-hetero) is 1. The van der Waals surface area contributed by atoms with Crippen molar-refractivity contribution in [2.45, 2.75) is 64.5 Å². The molecular formula is C46H45ClF2N4O11. The summed E-state index contributed by atoms with van der Waals surface area (Å²) < 4.78 is 39.9. The number of nitrogens with one attached hydrogen (secondary N) is 3. The van der Waals surface area contributed by atoms with E-state index < -0.39 is 60.0 Å². The summed E-state index contributed by atoms with van der Waals surface area (Å²) in [4.78, 5) is 88.8. The van der Waals surface area contributed by atoms with Crippen molar-refractivity contribution < 1.29 is 62.0 Å². The summed E-state index contributed by atoms with van der Waals surface area (Å²) in [5.41, 5.74) is 1.58. The number of nitrogens with zero attached hydrogens (tertiary/aromatic N) is 1. The maximum Gasteiger partial charge on any atom is 0.339 e. The number of hydrogen-bond donors (Lipinski definition) is 5. The smallest absolute Gasteiger partial charge is 0.339 e. The van der Waals surface area contributed by atoms with E-state index in [-0.39, 0.29) is 66.4 Å². The number of hydrogen-bond acceptors (Lipinski definition) is 9. The first-order chi connectivity index (χ1) is 30.5. The first-order valence-electron chi connectivity index (χ1n) is 20.0. The van der Waals surface area contributed by atoms with Gasteiger partial charge in [-0.3, -0.25) is 28.5 Å². The van der Waals surface area contributed by atoms with E-state index in [1.807, 2.05) is 0 Å².